The van der Waals surface area contributed by atoms with Crippen molar-refractivity contribution in [2.24, 2.45) is 4.40 Å². The molecule has 1 aliphatic rings. The summed E-state index contributed by atoms with van der Waals surface area (Å²) in [5.41, 5.74) is 1.62. The molecule has 0 atom stereocenters. The van der Waals surface area contributed by atoms with Crippen molar-refractivity contribution in [2.45, 2.75) is 11.4 Å². The van der Waals surface area contributed by atoms with Gasteiger partial charge in [0.25, 0.3) is 5.56 Å². The Kier molecular flexibility index (Phi) is 5.37. The van der Waals surface area contributed by atoms with Crippen LogP contribution in [0, 0.1) is 0 Å². The monoisotopic (exact) mass is 457 g/mol. The molecule has 4 aromatic rings. The van der Waals surface area contributed by atoms with Crippen molar-refractivity contribution in [2.75, 3.05) is 5.06 Å². The highest BCUT2D eigenvalue weighted by Gasteiger charge is 2.30. The Morgan fingerprint density at radius 1 is 0.848 bits per heavy atom. The van der Waals surface area contributed by atoms with Crippen LogP contribution in [-0.2, 0) is 6.54 Å². The van der Waals surface area contributed by atoms with Gasteiger partial charge in [-0.2, -0.15) is 9.46 Å². The van der Waals surface area contributed by atoms with Gasteiger partial charge >= 0.3 is 0 Å². The molecule has 3 N–H and O–H groups in total. The predicted molar refractivity (Wildman–Crippen MR) is 128 cm³/mol. The van der Waals surface area contributed by atoms with Crippen LogP contribution in [0.25, 0.3) is 11.3 Å². The number of hydrogen-bond donors (Lipinski definition) is 3. The van der Waals surface area contributed by atoms with Gasteiger partial charge in [0.1, 0.15) is 22.7 Å². The Morgan fingerprint density at radius 3 is 2.27 bits per heavy atom. The molecule has 5 rings (SSSR count). The van der Waals surface area contributed by atoms with Crippen molar-refractivity contribution in [1.82, 2.24) is 4.57 Å². The molecule has 0 aliphatic carbocycles. The Hall–Kier alpha value is -4.01. The second-order valence-electron chi connectivity index (χ2n) is 7.47. The molecule has 33 heavy (non-hydrogen) atoms. The van der Waals surface area contributed by atoms with E-state index < -0.39 is 5.56 Å². The van der Waals surface area contributed by atoms with Crippen molar-refractivity contribution < 1.29 is 15.4 Å². The van der Waals surface area contributed by atoms with Crippen LogP contribution in [0.2, 0.25) is 0 Å². The zero-order valence-corrected chi connectivity index (χ0v) is 18.1. The van der Waals surface area contributed by atoms with Crippen LogP contribution in [0.15, 0.2) is 99.0 Å². The lowest BCUT2D eigenvalue weighted by molar-refractivity contribution is 0.304. The van der Waals surface area contributed by atoms with Crippen molar-refractivity contribution in [3.63, 3.8) is 0 Å². The largest absolute Gasteiger partial charge is 0.507 e. The number of benzene rings is 3. The third kappa shape index (κ3) is 3.75. The molecule has 0 amide bonds. The fraction of sp³-hybridized carbons (Fsp3) is 0.0400. The van der Waals surface area contributed by atoms with E-state index in [-0.39, 0.29) is 35.1 Å². The molecule has 8 heteroatoms. The van der Waals surface area contributed by atoms with Crippen molar-refractivity contribution in [1.29, 1.82) is 0 Å². The van der Waals surface area contributed by atoms with Gasteiger partial charge in [-0.3, -0.25) is 10.0 Å². The van der Waals surface area contributed by atoms with Crippen LogP contribution >= 0.6 is 11.9 Å². The molecule has 164 valence electrons. The van der Waals surface area contributed by atoms with Crippen LogP contribution in [0.5, 0.6) is 11.5 Å². The minimum atomic E-state index is -0.519. The summed E-state index contributed by atoms with van der Waals surface area (Å²) in [7, 11) is 0. The van der Waals surface area contributed by atoms with Gasteiger partial charge < -0.3 is 14.8 Å². The van der Waals surface area contributed by atoms with E-state index >= 15 is 0 Å². The van der Waals surface area contributed by atoms with Crippen molar-refractivity contribution in [3.05, 3.63) is 106 Å². The number of phenols is 1. The molecule has 0 bridgehead atoms. The first-order valence-corrected chi connectivity index (χ1v) is 10.9. The van der Waals surface area contributed by atoms with Crippen molar-refractivity contribution >= 4 is 23.5 Å². The zero-order chi connectivity index (χ0) is 22.9. The van der Waals surface area contributed by atoms with Crippen LogP contribution in [0.1, 0.15) is 11.1 Å². The van der Waals surface area contributed by atoms with Crippen LogP contribution < -0.4 is 10.6 Å². The minimum absolute atomic E-state index is 0.105. The number of para-hydroxylation sites is 1. The molecule has 0 unspecified atom stereocenters. The average Bonchev–Trinajstić information content (AvgIpc) is 2.83. The maximum atomic E-state index is 13.7. The normalized spacial score (nSPS) is 12.9. The van der Waals surface area contributed by atoms with Crippen molar-refractivity contribution in [3.8, 4) is 22.8 Å². The quantitative estimate of drug-likeness (QED) is 0.386. The number of fused-ring (bicyclic) bond motifs is 1. The maximum Gasteiger partial charge on any atom is 0.266 e. The number of aromatic hydroxyl groups is 2. The van der Waals surface area contributed by atoms with Gasteiger partial charge in [-0.15, -0.1) is 0 Å². The van der Waals surface area contributed by atoms with Gasteiger partial charge in [-0.25, -0.2) is 0 Å². The summed E-state index contributed by atoms with van der Waals surface area (Å²) in [5.74, 6) is -0.640. The smallest absolute Gasteiger partial charge is 0.266 e. The highest BCUT2D eigenvalue weighted by Crippen LogP contribution is 2.42. The third-order valence-corrected chi connectivity index (χ3v) is 6.17. The van der Waals surface area contributed by atoms with Gasteiger partial charge in [-0.1, -0.05) is 66.7 Å². The molecule has 3 aromatic carbocycles. The zero-order valence-electron chi connectivity index (χ0n) is 17.3. The third-order valence-electron chi connectivity index (χ3n) is 5.38. The molecular weight excluding hydrogens is 438 g/mol. The van der Waals surface area contributed by atoms with Crippen LogP contribution in [0.3, 0.4) is 0 Å². The van der Waals surface area contributed by atoms with Crippen LogP contribution in [0.4, 0.5) is 5.69 Å². The number of phenolic OH excluding ortho intramolecular Hbond substituents is 1. The summed E-state index contributed by atoms with van der Waals surface area (Å²) < 4.78 is 5.80. The summed E-state index contributed by atoms with van der Waals surface area (Å²) in [6.07, 6.45) is 0. The first-order chi connectivity index (χ1) is 16.0. The van der Waals surface area contributed by atoms with Gasteiger partial charge in [0.2, 0.25) is 0 Å². The van der Waals surface area contributed by atoms with E-state index in [0.717, 1.165) is 23.1 Å². The number of amidine groups is 1. The summed E-state index contributed by atoms with van der Waals surface area (Å²) in [6, 6.07) is 25.0. The molecule has 0 radical (unpaired) electrons. The number of aromatic nitrogens is 1. The molecular formula is C25H19N3O4S. The van der Waals surface area contributed by atoms with E-state index in [4.69, 9.17) is 0 Å². The van der Waals surface area contributed by atoms with E-state index in [9.17, 15) is 20.2 Å². The van der Waals surface area contributed by atoms with Gasteiger partial charge in [0.15, 0.2) is 5.84 Å². The van der Waals surface area contributed by atoms with Gasteiger partial charge in [-0.05, 0) is 23.3 Å². The molecule has 0 saturated heterocycles. The van der Waals surface area contributed by atoms with Gasteiger partial charge in [0, 0.05) is 18.0 Å². The predicted octanol–water partition coefficient (Wildman–Crippen LogP) is 4.64. The number of hydroxylamine groups is 1. The summed E-state index contributed by atoms with van der Waals surface area (Å²) in [4.78, 5) is 14.3. The Bertz CT molecular complexity index is 1420. The Balaban J connectivity index is 1.70. The van der Waals surface area contributed by atoms with E-state index in [0.29, 0.717) is 15.7 Å². The lowest BCUT2D eigenvalue weighted by atomic mass is 10.1. The number of hydrogen-bond acceptors (Lipinski definition) is 7. The first-order valence-electron chi connectivity index (χ1n) is 10.2. The molecule has 0 spiro atoms. The topological polar surface area (TPSA) is 98.3 Å². The van der Waals surface area contributed by atoms with E-state index in [1.165, 1.54) is 12.1 Å². The fourth-order valence-corrected chi connectivity index (χ4v) is 4.57. The lowest BCUT2D eigenvalue weighted by Crippen LogP contribution is -2.37. The first kappa shape index (κ1) is 20.9. The molecule has 2 heterocycles. The molecule has 1 aliphatic heterocycles. The number of anilines is 1. The summed E-state index contributed by atoms with van der Waals surface area (Å²) >= 11 is 1.00. The number of nitrogens with zero attached hydrogens (tertiary/aromatic N) is 3. The Labute approximate surface area is 193 Å². The summed E-state index contributed by atoms with van der Waals surface area (Å²) in [6.45, 7) is 0.255. The second kappa shape index (κ2) is 8.50. The average molecular weight is 458 g/mol. The summed E-state index contributed by atoms with van der Waals surface area (Å²) in [5, 5.41) is 32.7. The highest BCUT2D eigenvalue weighted by molar-refractivity contribution is 7.98. The number of rotatable bonds is 4. The van der Waals surface area contributed by atoms with E-state index in [1.807, 2.05) is 60.7 Å². The highest BCUT2D eigenvalue weighted by atomic mass is 32.2. The van der Waals surface area contributed by atoms with Gasteiger partial charge in [0.05, 0.1) is 17.1 Å². The fourth-order valence-electron chi connectivity index (χ4n) is 3.80. The van der Waals surface area contributed by atoms with E-state index in [2.05, 4.69) is 4.40 Å². The molecule has 0 fully saturated rings. The standard InChI is InChI=1S/C25H19N3O4S/c29-19-12-7-13-21-23(19)28(32)24(26-33-21)22-20(30)14-18(17-10-5-2-6-11-17)27(25(22)31)15-16-8-3-1-4-9-16/h1-14,29-30,32H,15H2. The minimum Gasteiger partial charge on any atom is -0.507 e. The van der Waals surface area contributed by atoms with E-state index in [1.54, 1.807) is 16.7 Å². The number of pyridine rings is 1. The molecule has 1 aromatic heterocycles. The Morgan fingerprint density at radius 2 is 1.55 bits per heavy atom. The SMILES string of the molecule is O=c1c(C2=NSc3cccc(O)c3N2O)c(O)cc(-c2ccccc2)n1Cc1ccccc1. The molecule has 0 saturated carbocycles. The van der Waals surface area contributed by atoms with Crippen LogP contribution in [-0.4, -0.2) is 25.8 Å². The lowest BCUT2D eigenvalue weighted by Gasteiger charge is -2.26. The maximum absolute atomic E-state index is 13.7. The second-order valence-corrected chi connectivity index (χ2v) is 8.28. The molecule has 7 nitrogen and oxygen atoms in total.